The smallest absolute Gasteiger partial charge is 0.133 e. The van der Waals surface area contributed by atoms with Gasteiger partial charge in [0.15, 0.2) is 0 Å². The Hall–Kier alpha value is -1.16. The zero-order valence-electron chi connectivity index (χ0n) is 7.22. The number of halogens is 2. The van der Waals surface area contributed by atoms with Crippen LogP contribution in [0.3, 0.4) is 0 Å². The molecular formula is C9H11F2NO. The molecule has 0 radical (unpaired) electrons. The van der Waals surface area contributed by atoms with Gasteiger partial charge >= 0.3 is 0 Å². The number of nitrogens with two attached hydrogens (primary N) is 1. The van der Waals surface area contributed by atoms with Crippen molar-refractivity contribution in [2.24, 2.45) is 5.73 Å². The topological polar surface area (TPSA) is 46.2 Å². The fourth-order valence-corrected chi connectivity index (χ4v) is 1.18. The molecule has 1 rings (SSSR count). The first-order valence-corrected chi connectivity index (χ1v) is 3.94. The van der Waals surface area contributed by atoms with Gasteiger partial charge < -0.3 is 10.8 Å². The summed E-state index contributed by atoms with van der Waals surface area (Å²) in [6.07, 6.45) is 0. The molecule has 1 atom stereocenters. The van der Waals surface area contributed by atoms with E-state index in [4.69, 9.17) is 5.73 Å². The molecule has 13 heavy (non-hydrogen) atoms. The quantitative estimate of drug-likeness (QED) is 0.740. The third kappa shape index (κ3) is 1.95. The predicted octanol–water partition coefficient (Wildman–Crippen LogP) is 1.73. The molecule has 0 fully saturated rings. The Labute approximate surface area is 75.0 Å². The Kier molecular flexibility index (Phi) is 2.83. The second kappa shape index (κ2) is 3.70. The molecule has 1 unspecified atom stereocenters. The van der Waals surface area contributed by atoms with E-state index in [1.807, 2.05) is 0 Å². The lowest BCUT2D eigenvalue weighted by Gasteiger charge is -2.11. The van der Waals surface area contributed by atoms with E-state index in [9.17, 15) is 13.9 Å². The van der Waals surface area contributed by atoms with Gasteiger partial charge in [0, 0.05) is 17.7 Å². The number of hydrogen-bond donors (Lipinski definition) is 2. The van der Waals surface area contributed by atoms with Crippen LogP contribution in [0.4, 0.5) is 8.78 Å². The van der Waals surface area contributed by atoms with E-state index >= 15 is 0 Å². The molecular weight excluding hydrogens is 176 g/mol. The average molecular weight is 187 g/mol. The van der Waals surface area contributed by atoms with Crippen LogP contribution in [-0.2, 0) is 0 Å². The van der Waals surface area contributed by atoms with Crippen molar-refractivity contribution in [3.63, 3.8) is 0 Å². The first-order chi connectivity index (χ1) is 6.06. The summed E-state index contributed by atoms with van der Waals surface area (Å²) in [5, 5.41) is 9.24. The summed E-state index contributed by atoms with van der Waals surface area (Å²) in [6, 6.07) is 1.62. The summed E-state index contributed by atoms with van der Waals surface area (Å²) in [6.45, 7) is 1.87. The van der Waals surface area contributed by atoms with Gasteiger partial charge in [0.25, 0.3) is 0 Å². The van der Waals surface area contributed by atoms with Gasteiger partial charge in [-0.3, -0.25) is 0 Å². The highest BCUT2D eigenvalue weighted by Gasteiger charge is 2.15. The highest BCUT2D eigenvalue weighted by atomic mass is 19.1. The van der Waals surface area contributed by atoms with Gasteiger partial charge in [-0.15, -0.1) is 0 Å². The summed E-state index contributed by atoms with van der Waals surface area (Å²) >= 11 is 0. The molecule has 1 aromatic rings. The third-order valence-corrected chi connectivity index (χ3v) is 1.92. The molecule has 0 saturated carbocycles. The molecule has 1 aromatic carbocycles. The van der Waals surface area contributed by atoms with Crippen molar-refractivity contribution in [1.29, 1.82) is 0 Å². The molecule has 0 saturated heterocycles. The standard InChI is InChI=1S/C9H11F2NO/c1-5(4-12)9-7(11)2-6(10)3-8(9)13/h2-3,5,13H,4,12H2,1H3. The fourth-order valence-electron chi connectivity index (χ4n) is 1.18. The summed E-state index contributed by atoms with van der Waals surface area (Å²) in [4.78, 5) is 0. The van der Waals surface area contributed by atoms with Gasteiger partial charge in [-0.25, -0.2) is 8.78 Å². The first kappa shape index (κ1) is 9.92. The number of benzene rings is 1. The van der Waals surface area contributed by atoms with Crippen LogP contribution in [-0.4, -0.2) is 11.7 Å². The molecule has 0 heterocycles. The normalized spacial score (nSPS) is 12.9. The average Bonchev–Trinajstić information content (AvgIpc) is 2.02. The maximum atomic E-state index is 13.1. The van der Waals surface area contributed by atoms with Gasteiger partial charge in [0.1, 0.15) is 17.4 Å². The lowest BCUT2D eigenvalue weighted by Crippen LogP contribution is -2.10. The minimum atomic E-state index is -0.789. The maximum absolute atomic E-state index is 13.1. The van der Waals surface area contributed by atoms with Crippen molar-refractivity contribution in [1.82, 2.24) is 0 Å². The van der Waals surface area contributed by atoms with Crippen LogP contribution < -0.4 is 5.73 Å². The molecule has 0 aliphatic rings. The van der Waals surface area contributed by atoms with E-state index in [1.54, 1.807) is 6.92 Å². The first-order valence-electron chi connectivity index (χ1n) is 3.94. The number of rotatable bonds is 2. The van der Waals surface area contributed by atoms with Crippen molar-refractivity contribution >= 4 is 0 Å². The summed E-state index contributed by atoms with van der Waals surface area (Å²) in [5.74, 6) is -2.24. The van der Waals surface area contributed by atoms with Crippen LogP contribution in [0.25, 0.3) is 0 Å². The largest absolute Gasteiger partial charge is 0.507 e. The van der Waals surface area contributed by atoms with E-state index in [0.717, 1.165) is 12.1 Å². The second-order valence-corrected chi connectivity index (χ2v) is 2.96. The van der Waals surface area contributed by atoms with Crippen LogP contribution in [0.1, 0.15) is 18.4 Å². The van der Waals surface area contributed by atoms with Gasteiger partial charge in [0.05, 0.1) is 0 Å². The predicted molar refractivity (Wildman–Crippen MR) is 45.5 cm³/mol. The van der Waals surface area contributed by atoms with Crippen molar-refractivity contribution in [2.45, 2.75) is 12.8 Å². The molecule has 2 nitrogen and oxygen atoms in total. The molecule has 4 heteroatoms. The SMILES string of the molecule is CC(CN)c1c(O)cc(F)cc1F. The lowest BCUT2D eigenvalue weighted by molar-refractivity contribution is 0.443. The minimum absolute atomic E-state index is 0.0731. The molecule has 0 aromatic heterocycles. The van der Waals surface area contributed by atoms with Gasteiger partial charge in [-0.05, 0) is 12.5 Å². The Balaban J connectivity index is 3.20. The van der Waals surface area contributed by atoms with Crippen LogP contribution in [0, 0.1) is 11.6 Å². The lowest BCUT2D eigenvalue weighted by atomic mass is 9.99. The summed E-state index contributed by atoms with van der Waals surface area (Å²) < 4.78 is 25.6. The fraction of sp³-hybridized carbons (Fsp3) is 0.333. The molecule has 0 aliphatic heterocycles. The number of phenolic OH excluding ortho intramolecular Hbond substituents is 1. The maximum Gasteiger partial charge on any atom is 0.133 e. The highest BCUT2D eigenvalue weighted by Crippen LogP contribution is 2.28. The van der Waals surface area contributed by atoms with Crippen molar-refractivity contribution in [3.8, 4) is 5.75 Å². The molecule has 0 spiro atoms. The van der Waals surface area contributed by atoms with E-state index < -0.39 is 11.6 Å². The monoisotopic (exact) mass is 187 g/mol. The minimum Gasteiger partial charge on any atom is -0.507 e. The summed E-state index contributed by atoms with van der Waals surface area (Å²) in [7, 11) is 0. The van der Waals surface area contributed by atoms with Crippen LogP contribution >= 0.6 is 0 Å². The Bertz CT molecular complexity index is 291. The number of hydrogen-bond acceptors (Lipinski definition) is 2. The Morgan fingerprint density at radius 2 is 2.08 bits per heavy atom. The Morgan fingerprint density at radius 1 is 1.46 bits per heavy atom. The van der Waals surface area contributed by atoms with Gasteiger partial charge in [-0.1, -0.05) is 6.92 Å². The molecule has 0 amide bonds. The van der Waals surface area contributed by atoms with Crippen molar-refractivity contribution in [2.75, 3.05) is 6.54 Å². The van der Waals surface area contributed by atoms with Crippen LogP contribution in [0.15, 0.2) is 12.1 Å². The van der Waals surface area contributed by atoms with Crippen molar-refractivity contribution in [3.05, 3.63) is 29.3 Å². The van der Waals surface area contributed by atoms with Gasteiger partial charge in [-0.2, -0.15) is 0 Å². The third-order valence-electron chi connectivity index (χ3n) is 1.92. The Morgan fingerprint density at radius 3 is 2.54 bits per heavy atom. The molecule has 0 aliphatic carbocycles. The van der Waals surface area contributed by atoms with Crippen LogP contribution in [0.5, 0.6) is 5.75 Å². The number of aromatic hydroxyl groups is 1. The molecule has 0 bridgehead atoms. The second-order valence-electron chi connectivity index (χ2n) is 2.96. The van der Waals surface area contributed by atoms with E-state index in [0.29, 0.717) is 0 Å². The van der Waals surface area contributed by atoms with E-state index in [-0.39, 0.29) is 23.8 Å². The number of phenols is 1. The van der Waals surface area contributed by atoms with E-state index in [2.05, 4.69) is 0 Å². The van der Waals surface area contributed by atoms with E-state index in [1.165, 1.54) is 0 Å². The van der Waals surface area contributed by atoms with Crippen LogP contribution in [0.2, 0.25) is 0 Å². The highest BCUT2D eigenvalue weighted by molar-refractivity contribution is 5.36. The molecule has 72 valence electrons. The summed E-state index contributed by atoms with van der Waals surface area (Å²) in [5.41, 5.74) is 5.38. The molecule has 3 N–H and O–H groups in total. The zero-order chi connectivity index (χ0) is 10.0. The van der Waals surface area contributed by atoms with Gasteiger partial charge in [0.2, 0.25) is 0 Å². The zero-order valence-corrected chi connectivity index (χ0v) is 7.22. The van der Waals surface area contributed by atoms with Crippen molar-refractivity contribution < 1.29 is 13.9 Å².